The van der Waals surface area contributed by atoms with Crippen molar-refractivity contribution in [1.29, 1.82) is 0 Å². The Balaban J connectivity index is 1.61. The van der Waals surface area contributed by atoms with Gasteiger partial charge >= 0.3 is 5.97 Å². The van der Waals surface area contributed by atoms with E-state index >= 15 is 0 Å². The van der Waals surface area contributed by atoms with Crippen molar-refractivity contribution < 1.29 is 32.9 Å². The Kier molecular flexibility index (Phi) is 5.98. The molecule has 0 amide bonds. The molecule has 0 saturated carbocycles. The van der Waals surface area contributed by atoms with Crippen molar-refractivity contribution in [1.82, 2.24) is 4.90 Å². The number of methoxy groups -OCH3 is 3. The lowest BCUT2D eigenvalue weighted by Crippen LogP contribution is -2.75. The molecule has 0 aromatic heterocycles. The minimum Gasteiger partial charge on any atom is -0.504 e. The Morgan fingerprint density at radius 3 is 2.79 bits per heavy atom. The highest BCUT2D eigenvalue weighted by Gasteiger charge is 2.70. The molecule has 0 radical (unpaired) electrons. The van der Waals surface area contributed by atoms with Crippen molar-refractivity contribution in [2.24, 2.45) is 11.8 Å². The highest BCUT2D eigenvalue weighted by Crippen LogP contribution is 2.62. The van der Waals surface area contributed by atoms with Crippen LogP contribution in [0.25, 0.3) is 0 Å². The molecule has 0 spiro atoms. The van der Waals surface area contributed by atoms with E-state index < -0.39 is 17.1 Å². The van der Waals surface area contributed by atoms with Gasteiger partial charge in [0.1, 0.15) is 5.60 Å². The molecule has 8 nitrogen and oxygen atoms in total. The van der Waals surface area contributed by atoms with Crippen LogP contribution < -0.4 is 10.1 Å². The number of piperidine rings is 2. The van der Waals surface area contributed by atoms with Crippen LogP contribution in [-0.4, -0.2) is 70.3 Å². The minimum atomic E-state index is -0.932. The van der Waals surface area contributed by atoms with E-state index in [1.807, 2.05) is 0 Å². The molecule has 1 N–H and O–H groups in total. The summed E-state index contributed by atoms with van der Waals surface area (Å²) in [5, 5.41) is 3.61. The highest BCUT2D eigenvalue weighted by atomic mass is 19.1. The summed E-state index contributed by atoms with van der Waals surface area (Å²) in [4.78, 5) is 15.1. The number of halogens is 1. The van der Waals surface area contributed by atoms with Gasteiger partial charge in [-0.2, -0.15) is 0 Å². The maximum absolute atomic E-state index is 14.8. The fourth-order valence-corrected chi connectivity index (χ4v) is 6.77. The van der Waals surface area contributed by atoms with Crippen molar-refractivity contribution in [3.05, 3.63) is 35.3 Å². The molecule has 186 valence electrons. The molecule has 5 atom stereocenters. The molecular formula is C25H33FN2O6. The third kappa shape index (κ3) is 3.09. The van der Waals surface area contributed by atoms with E-state index in [4.69, 9.17) is 23.7 Å². The number of anilines is 1. The van der Waals surface area contributed by atoms with Gasteiger partial charge in [0.25, 0.3) is 0 Å². The second-order valence-corrected chi connectivity index (χ2v) is 9.46. The summed E-state index contributed by atoms with van der Waals surface area (Å²) in [5.74, 6) is -0.447. The van der Waals surface area contributed by atoms with E-state index in [0.29, 0.717) is 37.2 Å². The molecule has 0 unspecified atom stereocenters. The van der Waals surface area contributed by atoms with Crippen molar-refractivity contribution in [3.8, 4) is 5.75 Å². The Labute approximate surface area is 199 Å². The lowest BCUT2D eigenvalue weighted by atomic mass is 9.67. The van der Waals surface area contributed by atoms with Crippen LogP contribution in [0.15, 0.2) is 24.0 Å². The Morgan fingerprint density at radius 1 is 1.29 bits per heavy atom. The maximum Gasteiger partial charge on any atom is 0.337 e. The van der Waals surface area contributed by atoms with E-state index in [0.717, 1.165) is 25.2 Å². The number of nitrogens with one attached hydrogen (secondary N) is 1. The van der Waals surface area contributed by atoms with Crippen LogP contribution in [0.5, 0.6) is 5.75 Å². The number of carbonyl (C=O) groups excluding carboxylic acids is 1. The quantitative estimate of drug-likeness (QED) is 0.395. The molecule has 0 aliphatic carbocycles. The third-order valence-electron chi connectivity index (χ3n) is 8.17. The molecule has 9 heteroatoms. The number of benzene rings is 1. The summed E-state index contributed by atoms with van der Waals surface area (Å²) in [6, 6.07) is 3.02. The smallest absolute Gasteiger partial charge is 0.337 e. The third-order valence-corrected chi connectivity index (χ3v) is 8.17. The summed E-state index contributed by atoms with van der Waals surface area (Å²) in [7, 11) is 4.41. The van der Waals surface area contributed by atoms with Crippen molar-refractivity contribution in [2.75, 3.05) is 52.9 Å². The monoisotopic (exact) mass is 476 g/mol. The van der Waals surface area contributed by atoms with Gasteiger partial charge in [0.2, 0.25) is 0 Å². The first-order chi connectivity index (χ1) is 16.5. The second-order valence-electron chi connectivity index (χ2n) is 9.46. The van der Waals surface area contributed by atoms with Gasteiger partial charge < -0.3 is 29.0 Å². The summed E-state index contributed by atoms with van der Waals surface area (Å²) in [6.07, 6.45) is 3.70. The number of hydrogen-bond acceptors (Lipinski definition) is 8. The topological polar surface area (TPSA) is 78.5 Å². The Hall–Kier alpha value is -2.36. The van der Waals surface area contributed by atoms with Gasteiger partial charge in [0.15, 0.2) is 17.3 Å². The molecule has 3 saturated heterocycles. The number of carbonyl (C=O) groups is 1. The zero-order valence-corrected chi connectivity index (χ0v) is 20.2. The zero-order valence-electron chi connectivity index (χ0n) is 20.2. The lowest BCUT2D eigenvalue weighted by Gasteiger charge is -2.61. The fourth-order valence-electron chi connectivity index (χ4n) is 6.77. The number of hydrogen-bond donors (Lipinski definition) is 1. The summed E-state index contributed by atoms with van der Waals surface area (Å²) >= 11 is 0. The van der Waals surface area contributed by atoms with Gasteiger partial charge in [-0.05, 0) is 36.8 Å². The first-order valence-corrected chi connectivity index (χ1v) is 11.9. The van der Waals surface area contributed by atoms with Gasteiger partial charge in [-0.1, -0.05) is 13.3 Å². The van der Waals surface area contributed by atoms with Crippen molar-refractivity contribution in [2.45, 2.75) is 43.6 Å². The number of nitrogens with zero attached hydrogens (tertiary/aromatic N) is 1. The largest absolute Gasteiger partial charge is 0.504 e. The molecule has 4 aliphatic rings. The minimum absolute atomic E-state index is 0.0847. The number of esters is 1. The van der Waals surface area contributed by atoms with Crippen LogP contribution in [0, 0.1) is 17.7 Å². The zero-order chi connectivity index (χ0) is 24.1. The van der Waals surface area contributed by atoms with Gasteiger partial charge in [-0.15, -0.1) is 0 Å². The van der Waals surface area contributed by atoms with Crippen LogP contribution in [-0.2, 0) is 29.3 Å². The van der Waals surface area contributed by atoms with Gasteiger partial charge in [0.05, 0.1) is 58.0 Å². The number of rotatable bonds is 5. The predicted octanol–water partition coefficient (Wildman–Crippen LogP) is 3.02. The molecule has 0 bridgehead atoms. The van der Waals surface area contributed by atoms with Crippen molar-refractivity contribution >= 4 is 11.7 Å². The molecular weight excluding hydrogens is 443 g/mol. The predicted molar refractivity (Wildman–Crippen MR) is 122 cm³/mol. The van der Waals surface area contributed by atoms with Crippen LogP contribution in [0.4, 0.5) is 10.1 Å². The number of ether oxygens (including phenoxy) is 5. The Bertz CT molecular complexity index is 1000. The van der Waals surface area contributed by atoms with Gasteiger partial charge in [0, 0.05) is 18.8 Å². The lowest BCUT2D eigenvalue weighted by molar-refractivity contribution is -0.297. The van der Waals surface area contributed by atoms with Crippen molar-refractivity contribution in [3.63, 3.8) is 0 Å². The molecule has 34 heavy (non-hydrogen) atoms. The first kappa shape index (κ1) is 23.4. The first-order valence-electron chi connectivity index (χ1n) is 11.9. The second kappa shape index (κ2) is 8.70. The summed E-state index contributed by atoms with van der Waals surface area (Å²) in [5.41, 5.74) is 0.147. The summed E-state index contributed by atoms with van der Waals surface area (Å²) < 4.78 is 43.9. The van der Waals surface area contributed by atoms with Crippen LogP contribution >= 0.6 is 0 Å². The van der Waals surface area contributed by atoms with E-state index in [1.54, 1.807) is 6.07 Å². The number of fused-ring (bicyclic) bond motifs is 2. The molecule has 1 aromatic carbocycles. The van der Waals surface area contributed by atoms with E-state index in [9.17, 15) is 9.18 Å². The molecule has 1 aromatic rings. The maximum atomic E-state index is 14.8. The van der Waals surface area contributed by atoms with E-state index in [2.05, 4.69) is 17.1 Å². The van der Waals surface area contributed by atoms with Gasteiger partial charge in [-0.25, -0.2) is 9.18 Å². The normalized spacial score (nSPS) is 34.7. The molecule has 4 heterocycles. The molecule has 3 fully saturated rings. The molecule has 4 aliphatic heterocycles. The van der Waals surface area contributed by atoms with Crippen LogP contribution in [0.1, 0.15) is 31.7 Å². The highest BCUT2D eigenvalue weighted by molar-refractivity contribution is 5.88. The SMILES string of the molecule is CC[C@@H]1CN2CC[C@@]34OCCO[C@@]3(Nc3ccc(F)c(OC)c34)[C@@H]2C[C@@H]1/C(=C/OC)C(=O)OC. The standard InChI is InChI=1S/C25H33FN2O6/c1-5-15-13-28-9-8-24-21-19(7-6-18(26)22(21)31-3)27-25(24,34-11-10-33-24)20(28)12-16(15)17(14-30-2)23(29)32-4/h6-7,14-16,20,27H,5,8-13H2,1-4H3/b17-14-/t15-,16+,20+,24+,25+/m1/s1. The van der Waals surface area contributed by atoms with E-state index in [1.165, 1.54) is 33.7 Å². The van der Waals surface area contributed by atoms with Gasteiger partial charge in [-0.3, -0.25) is 4.90 Å². The van der Waals surface area contributed by atoms with Crippen LogP contribution in [0.3, 0.4) is 0 Å². The summed E-state index contributed by atoms with van der Waals surface area (Å²) in [6.45, 7) is 4.53. The average molecular weight is 477 g/mol. The van der Waals surface area contributed by atoms with E-state index in [-0.39, 0.29) is 29.6 Å². The Morgan fingerprint density at radius 2 is 2.09 bits per heavy atom. The fraction of sp³-hybridized carbons (Fsp3) is 0.640. The molecule has 5 rings (SSSR count). The van der Waals surface area contributed by atoms with Crippen LogP contribution in [0.2, 0.25) is 0 Å². The average Bonchev–Trinajstić information content (AvgIpc) is 3.18.